The molecule has 0 saturated heterocycles. The van der Waals surface area contributed by atoms with Crippen LogP contribution >= 0.6 is 11.6 Å². The van der Waals surface area contributed by atoms with E-state index in [4.69, 9.17) is 11.6 Å². The Labute approximate surface area is 104 Å². The maximum atomic E-state index is 11.0. The third kappa shape index (κ3) is 2.45. The minimum Gasteiger partial charge on any atom is -0.258 e. The average Bonchev–Trinajstić information content (AvgIpc) is 2.30. The second-order valence-electron chi connectivity index (χ2n) is 3.78. The molecular weight excluding hydrogens is 238 g/mol. The molecule has 0 atom stereocenters. The van der Waals surface area contributed by atoms with Crippen molar-refractivity contribution in [3.05, 3.63) is 63.2 Å². The molecule has 3 nitrogen and oxygen atoms in total. The van der Waals surface area contributed by atoms with Gasteiger partial charge in [-0.2, -0.15) is 0 Å². The summed E-state index contributed by atoms with van der Waals surface area (Å²) in [6, 6.07) is 12.2. The average molecular weight is 248 g/mol. The lowest BCUT2D eigenvalue weighted by Crippen LogP contribution is -1.92. The maximum absolute atomic E-state index is 11.0. The van der Waals surface area contributed by atoms with Crippen LogP contribution in [0.2, 0.25) is 5.02 Å². The third-order valence-electron chi connectivity index (χ3n) is 2.51. The molecule has 2 rings (SSSR count). The zero-order valence-corrected chi connectivity index (χ0v) is 9.94. The second kappa shape index (κ2) is 4.55. The van der Waals surface area contributed by atoms with Gasteiger partial charge in [0.05, 0.1) is 10.5 Å². The first-order valence-corrected chi connectivity index (χ1v) is 5.47. The summed E-state index contributed by atoms with van der Waals surface area (Å²) in [5.41, 5.74) is 2.39. The van der Waals surface area contributed by atoms with E-state index in [2.05, 4.69) is 0 Å². The van der Waals surface area contributed by atoms with E-state index >= 15 is 0 Å². The van der Waals surface area contributed by atoms with Crippen molar-refractivity contribution in [1.29, 1.82) is 0 Å². The number of rotatable bonds is 2. The number of nitrogens with zero attached hydrogens (tertiary/aromatic N) is 1. The number of nitro benzene ring substituents is 1. The molecule has 2 aromatic rings. The molecule has 0 bridgehead atoms. The van der Waals surface area contributed by atoms with Crippen molar-refractivity contribution in [1.82, 2.24) is 0 Å². The molecule has 0 aromatic heterocycles. The summed E-state index contributed by atoms with van der Waals surface area (Å²) in [5, 5.41) is 11.6. The summed E-state index contributed by atoms with van der Waals surface area (Å²) < 4.78 is 0. The molecule has 0 aliphatic rings. The van der Waals surface area contributed by atoms with Gasteiger partial charge in [0, 0.05) is 11.1 Å². The van der Waals surface area contributed by atoms with Gasteiger partial charge in [0.1, 0.15) is 0 Å². The van der Waals surface area contributed by atoms with E-state index in [0.717, 1.165) is 11.1 Å². The molecular formula is C13H10ClNO2. The molecule has 0 aliphatic carbocycles. The summed E-state index contributed by atoms with van der Waals surface area (Å²) in [5.74, 6) is 0. The van der Waals surface area contributed by atoms with Gasteiger partial charge in [-0.15, -0.1) is 0 Å². The minimum absolute atomic E-state index is 0.118. The SMILES string of the molecule is Cc1ccc(-c2ccc(Cl)cc2)c([N+](=O)[O-])c1. The Balaban J connectivity index is 2.58. The smallest absolute Gasteiger partial charge is 0.258 e. The molecule has 0 spiro atoms. The second-order valence-corrected chi connectivity index (χ2v) is 4.22. The van der Waals surface area contributed by atoms with Crippen LogP contribution in [0, 0.1) is 17.0 Å². The van der Waals surface area contributed by atoms with E-state index in [1.807, 2.05) is 13.0 Å². The van der Waals surface area contributed by atoms with E-state index in [0.29, 0.717) is 10.6 Å². The van der Waals surface area contributed by atoms with Crippen LogP contribution in [-0.4, -0.2) is 4.92 Å². The van der Waals surface area contributed by atoms with Gasteiger partial charge in [0.15, 0.2) is 0 Å². The van der Waals surface area contributed by atoms with Crippen LogP contribution in [0.1, 0.15) is 5.56 Å². The van der Waals surface area contributed by atoms with Gasteiger partial charge in [-0.25, -0.2) is 0 Å². The molecule has 0 fully saturated rings. The molecule has 0 aliphatic heterocycles. The van der Waals surface area contributed by atoms with E-state index in [1.165, 1.54) is 0 Å². The largest absolute Gasteiger partial charge is 0.277 e. The molecule has 4 heteroatoms. The van der Waals surface area contributed by atoms with Crippen molar-refractivity contribution in [3.8, 4) is 11.1 Å². The van der Waals surface area contributed by atoms with Gasteiger partial charge in [-0.3, -0.25) is 10.1 Å². The Kier molecular flexibility index (Phi) is 3.11. The molecule has 0 heterocycles. The molecule has 2 aromatic carbocycles. The molecule has 0 amide bonds. The van der Waals surface area contributed by atoms with Gasteiger partial charge < -0.3 is 0 Å². The molecule has 17 heavy (non-hydrogen) atoms. The Morgan fingerprint density at radius 2 is 1.76 bits per heavy atom. The Bertz CT molecular complexity index is 564. The number of benzene rings is 2. The monoisotopic (exact) mass is 247 g/mol. The highest BCUT2D eigenvalue weighted by Crippen LogP contribution is 2.31. The highest BCUT2D eigenvalue weighted by atomic mass is 35.5. The zero-order valence-electron chi connectivity index (χ0n) is 9.18. The van der Waals surface area contributed by atoms with Crippen LogP contribution in [0.3, 0.4) is 0 Å². The van der Waals surface area contributed by atoms with Gasteiger partial charge in [0.25, 0.3) is 5.69 Å². The normalized spacial score (nSPS) is 10.2. The first kappa shape index (κ1) is 11.6. The number of halogens is 1. The summed E-state index contributed by atoms with van der Waals surface area (Å²) in [6.07, 6.45) is 0. The van der Waals surface area contributed by atoms with Crippen LogP contribution < -0.4 is 0 Å². The standard InChI is InChI=1S/C13H10ClNO2/c1-9-2-7-12(13(8-9)15(16)17)10-3-5-11(14)6-4-10/h2-8H,1H3. The van der Waals surface area contributed by atoms with E-state index in [-0.39, 0.29) is 10.6 Å². The number of hydrogen-bond donors (Lipinski definition) is 0. The fraction of sp³-hybridized carbons (Fsp3) is 0.0769. The van der Waals surface area contributed by atoms with Crippen LogP contribution in [0.15, 0.2) is 42.5 Å². The number of aryl methyl sites for hydroxylation is 1. The third-order valence-corrected chi connectivity index (χ3v) is 2.76. The molecule has 0 saturated carbocycles. The quantitative estimate of drug-likeness (QED) is 0.589. The molecule has 86 valence electrons. The van der Waals surface area contributed by atoms with Crippen LogP contribution in [-0.2, 0) is 0 Å². The number of nitro groups is 1. The zero-order chi connectivity index (χ0) is 12.4. The first-order valence-electron chi connectivity index (χ1n) is 5.09. The lowest BCUT2D eigenvalue weighted by Gasteiger charge is -2.04. The summed E-state index contributed by atoms with van der Waals surface area (Å²) in [7, 11) is 0. The predicted octanol–water partition coefficient (Wildman–Crippen LogP) is 4.22. The fourth-order valence-electron chi connectivity index (χ4n) is 1.67. The van der Waals surface area contributed by atoms with E-state index in [1.54, 1.807) is 36.4 Å². The molecule has 0 N–H and O–H groups in total. The highest BCUT2D eigenvalue weighted by molar-refractivity contribution is 6.30. The van der Waals surface area contributed by atoms with Gasteiger partial charge in [-0.1, -0.05) is 29.8 Å². The van der Waals surface area contributed by atoms with Crippen LogP contribution in [0.25, 0.3) is 11.1 Å². The Morgan fingerprint density at radius 1 is 1.12 bits per heavy atom. The lowest BCUT2D eigenvalue weighted by molar-refractivity contribution is -0.384. The predicted molar refractivity (Wildman–Crippen MR) is 68.3 cm³/mol. The van der Waals surface area contributed by atoms with Crippen molar-refractivity contribution in [3.63, 3.8) is 0 Å². The summed E-state index contributed by atoms with van der Waals surface area (Å²) in [4.78, 5) is 10.6. The van der Waals surface area contributed by atoms with Gasteiger partial charge in [0.2, 0.25) is 0 Å². The maximum Gasteiger partial charge on any atom is 0.277 e. The highest BCUT2D eigenvalue weighted by Gasteiger charge is 2.14. The van der Waals surface area contributed by atoms with Gasteiger partial charge in [-0.05, 0) is 36.2 Å². The summed E-state index contributed by atoms with van der Waals surface area (Å²) in [6.45, 7) is 1.83. The first-order chi connectivity index (χ1) is 8.08. The fourth-order valence-corrected chi connectivity index (χ4v) is 1.79. The van der Waals surface area contributed by atoms with Crippen molar-refractivity contribution in [2.24, 2.45) is 0 Å². The lowest BCUT2D eigenvalue weighted by atomic mass is 10.0. The van der Waals surface area contributed by atoms with Crippen LogP contribution in [0.4, 0.5) is 5.69 Å². The molecule has 0 unspecified atom stereocenters. The molecule has 0 radical (unpaired) electrons. The van der Waals surface area contributed by atoms with Crippen LogP contribution in [0.5, 0.6) is 0 Å². The van der Waals surface area contributed by atoms with E-state index in [9.17, 15) is 10.1 Å². The number of hydrogen-bond acceptors (Lipinski definition) is 2. The van der Waals surface area contributed by atoms with Crippen molar-refractivity contribution >= 4 is 17.3 Å². The van der Waals surface area contributed by atoms with Gasteiger partial charge >= 0.3 is 0 Å². The van der Waals surface area contributed by atoms with E-state index < -0.39 is 0 Å². The summed E-state index contributed by atoms with van der Waals surface area (Å²) >= 11 is 5.79. The van der Waals surface area contributed by atoms with Crippen molar-refractivity contribution in [2.75, 3.05) is 0 Å². The minimum atomic E-state index is -0.364. The topological polar surface area (TPSA) is 43.1 Å². The van der Waals surface area contributed by atoms with Crippen molar-refractivity contribution < 1.29 is 4.92 Å². The van der Waals surface area contributed by atoms with Crippen molar-refractivity contribution in [2.45, 2.75) is 6.92 Å². The Hall–Kier alpha value is -1.87. The Morgan fingerprint density at radius 3 is 2.35 bits per heavy atom.